The van der Waals surface area contributed by atoms with E-state index < -0.39 is 22.9 Å². The number of hydrogen-bond acceptors (Lipinski definition) is 4. The van der Waals surface area contributed by atoms with E-state index in [1.54, 1.807) is 23.6 Å². The van der Waals surface area contributed by atoms with Gasteiger partial charge in [0, 0.05) is 19.6 Å². The van der Waals surface area contributed by atoms with Crippen molar-refractivity contribution in [2.75, 3.05) is 13.2 Å². The number of aromatic hydroxyl groups is 1. The van der Waals surface area contributed by atoms with Crippen molar-refractivity contribution in [1.82, 2.24) is 9.47 Å². The molecule has 0 fully saturated rings. The summed E-state index contributed by atoms with van der Waals surface area (Å²) in [7, 11) is 0. The zero-order chi connectivity index (χ0) is 20.0. The molecule has 0 spiro atoms. The summed E-state index contributed by atoms with van der Waals surface area (Å²) in [6.07, 6.45) is 1.79. The van der Waals surface area contributed by atoms with Gasteiger partial charge in [0.15, 0.2) is 11.4 Å². The number of nitrogens with zero attached hydrogens (tertiary/aromatic N) is 2. The lowest BCUT2D eigenvalue weighted by molar-refractivity contribution is 0.0673. The Morgan fingerprint density at radius 3 is 2.82 bits per heavy atom. The van der Waals surface area contributed by atoms with E-state index in [0.29, 0.717) is 36.5 Å². The van der Waals surface area contributed by atoms with E-state index >= 15 is 0 Å². The average Bonchev–Trinajstić information content (AvgIpc) is 2.86. The molecule has 28 heavy (non-hydrogen) atoms. The number of amides is 1. The van der Waals surface area contributed by atoms with Crippen molar-refractivity contribution in [2.24, 2.45) is 0 Å². The highest BCUT2D eigenvalue weighted by molar-refractivity contribution is 6.30. The molecule has 1 amide bonds. The molecule has 0 bridgehead atoms. The zero-order valence-corrected chi connectivity index (χ0v) is 15.9. The molecular formula is C20H18ClFN2O4. The minimum absolute atomic E-state index is 0.0221. The van der Waals surface area contributed by atoms with Crippen molar-refractivity contribution >= 4 is 23.1 Å². The lowest BCUT2D eigenvalue weighted by atomic mass is 10.0. The maximum Gasteiger partial charge on any atom is 0.274 e. The fraction of sp³-hybridized carbons (Fsp3) is 0.300. The van der Waals surface area contributed by atoms with Gasteiger partial charge in [0.25, 0.3) is 5.91 Å². The highest BCUT2D eigenvalue weighted by Gasteiger charge is 2.33. The number of fused-ring (bicyclic) bond motifs is 3. The average molecular weight is 405 g/mol. The first kappa shape index (κ1) is 18.7. The van der Waals surface area contributed by atoms with Crippen LogP contribution in [0.1, 0.15) is 34.2 Å². The number of ether oxygens (including phenoxy) is 1. The second-order valence-electron chi connectivity index (χ2n) is 6.88. The molecule has 0 unspecified atom stereocenters. The van der Waals surface area contributed by atoms with Gasteiger partial charge in [0.05, 0.1) is 29.5 Å². The number of aromatic nitrogens is 1. The van der Waals surface area contributed by atoms with Gasteiger partial charge in [-0.25, -0.2) is 4.39 Å². The molecule has 6 nitrogen and oxygen atoms in total. The van der Waals surface area contributed by atoms with Gasteiger partial charge in [-0.05, 0) is 30.2 Å². The monoisotopic (exact) mass is 404 g/mol. The molecular weight excluding hydrogens is 387 g/mol. The van der Waals surface area contributed by atoms with Gasteiger partial charge >= 0.3 is 0 Å². The summed E-state index contributed by atoms with van der Waals surface area (Å²) in [6.45, 7) is 3.31. The first-order valence-corrected chi connectivity index (χ1v) is 9.23. The maximum atomic E-state index is 13.4. The van der Waals surface area contributed by atoms with Crippen LogP contribution in [0.4, 0.5) is 4.39 Å². The van der Waals surface area contributed by atoms with E-state index in [4.69, 9.17) is 16.3 Å². The lowest BCUT2D eigenvalue weighted by Crippen LogP contribution is -2.42. The summed E-state index contributed by atoms with van der Waals surface area (Å²) in [5, 5.41) is 10.5. The van der Waals surface area contributed by atoms with E-state index in [0.717, 1.165) is 5.57 Å². The van der Waals surface area contributed by atoms with E-state index in [1.165, 1.54) is 17.0 Å². The van der Waals surface area contributed by atoms with Crippen LogP contribution in [0.2, 0.25) is 5.02 Å². The van der Waals surface area contributed by atoms with Crippen LogP contribution in [-0.2, 0) is 24.4 Å². The van der Waals surface area contributed by atoms with Crippen LogP contribution in [0.25, 0.3) is 5.57 Å². The van der Waals surface area contributed by atoms with Crippen molar-refractivity contribution in [2.45, 2.75) is 26.6 Å². The fourth-order valence-electron chi connectivity index (χ4n) is 3.70. The third-order valence-electron chi connectivity index (χ3n) is 5.13. The number of halogens is 2. The lowest BCUT2D eigenvalue weighted by Gasteiger charge is -2.32. The second kappa shape index (κ2) is 7.07. The van der Waals surface area contributed by atoms with Crippen LogP contribution in [-0.4, -0.2) is 33.6 Å². The standard InChI is InChI=1S/C20H18ClFN2O4/c1-11-4-7-28-10-15-16(11)18(25)19(26)17-20(27)23(5-6-24(15)17)9-12-2-3-14(22)13(21)8-12/h2-4,8,26H,5-7,9-10H2,1H3. The number of pyridine rings is 1. The molecule has 4 rings (SSSR count). The van der Waals surface area contributed by atoms with E-state index in [9.17, 15) is 19.1 Å². The number of carbonyl (C=O) groups is 1. The predicted molar refractivity (Wildman–Crippen MR) is 102 cm³/mol. The second-order valence-corrected chi connectivity index (χ2v) is 7.28. The normalized spacial score (nSPS) is 16.3. The minimum Gasteiger partial charge on any atom is -0.503 e. The fourth-order valence-corrected chi connectivity index (χ4v) is 3.90. The van der Waals surface area contributed by atoms with Crippen LogP contribution in [0.15, 0.2) is 29.1 Å². The molecule has 146 valence electrons. The third kappa shape index (κ3) is 3.00. The van der Waals surface area contributed by atoms with E-state index in [-0.39, 0.29) is 23.9 Å². The van der Waals surface area contributed by atoms with Gasteiger partial charge in [0.2, 0.25) is 5.43 Å². The van der Waals surface area contributed by atoms with Crippen LogP contribution < -0.4 is 5.43 Å². The summed E-state index contributed by atoms with van der Waals surface area (Å²) in [5.74, 6) is -1.55. The maximum absolute atomic E-state index is 13.4. The first-order chi connectivity index (χ1) is 13.4. The molecule has 8 heteroatoms. The van der Waals surface area contributed by atoms with Crippen molar-refractivity contribution in [3.8, 4) is 5.75 Å². The van der Waals surface area contributed by atoms with Crippen molar-refractivity contribution in [1.29, 1.82) is 0 Å². The van der Waals surface area contributed by atoms with Gasteiger partial charge in [-0.1, -0.05) is 23.7 Å². The third-order valence-corrected chi connectivity index (χ3v) is 5.42. The zero-order valence-electron chi connectivity index (χ0n) is 15.2. The number of rotatable bonds is 2. The van der Waals surface area contributed by atoms with Crippen LogP contribution >= 0.6 is 11.6 Å². The SMILES string of the molecule is CC1=CCOCc2c1c(=O)c(O)c1n2CCN(Cc2ccc(F)c(Cl)c2)C1=O. The van der Waals surface area contributed by atoms with E-state index in [2.05, 4.69) is 0 Å². The largest absolute Gasteiger partial charge is 0.503 e. The van der Waals surface area contributed by atoms with Gasteiger partial charge in [-0.3, -0.25) is 9.59 Å². The molecule has 1 aromatic heterocycles. The summed E-state index contributed by atoms with van der Waals surface area (Å²) in [5.41, 5.74) is 1.76. The molecule has 2 aliphatic rings. The summed E-state index contributed by atoms with van der Waals surface area (Å²) < 4.78 is 20.6. The summed E-state index contributed by atoms with van der Waals surface area (Å²) in [6, 6.07) is 4.26. The Morgan fingerprint density at radius 1 is 1.29 bits per heavy atom. The van der Waals surface area contributed by atoms with Crippen LogP contribution in [0.3, 0.4) is 0 Å². The Kier molecular flexibility index (Phi) is 4.72. The number of carbonyl (C=O) groups excluding carboxylic acids is 1. The van der Waals surface area contributed by atoms with Crippen molar-refractivity contribution < 1.29 is 19.0 Å². The highest BCUT2D eigenvalue weighted by atomic mass is 35.5. The Bertz CT molecular complexity index is 1080. The molecule has 0 aliphatic carbocycles. The Balaban J connectivity index is 1.75. The van der Waals surface area contributed by atoms with Gasteiger partial charge in [-0.2, -0.15) is 0 Å². The predicted octanol–water partition coefficient (Wildman–Crippen LogP) is 2.94. The Labute approximate surface area is 165 Å². The molecule has 0 saturated heterocycles. The molecule has 0 saturated carbocycles. The van der Waals surface area contributed by atoms with Gasteiger partial charge < -0.3 is 19.3 Å². The number of benzene rings is 1. The molecule has 2 aliphatic heterocycles. The molecule has 2 aromatic rings. The van der Waals surface area contributed by atoms with Crippen molar-refractivity contribution in [3.63, 3.8) is 0 Å². The molecule has 1 N–H and O–H groups in total. The molecule has 1 aromatic carbocycles. The van der Waals surface area contributed by atoms with E-state index in [1.807, 2.05) is 0 Å². The van der Waals surface area contributed by atoms with Gasteiger partial charge in [-0.15, -0.1) is 0 Å². The Hall–Kier alpha value is -2.64. The first-order valence-electron chi connectivity index (χ1n) is 8.85. The summed E-state index contributed by atoms with van der Waals surface area (Å²) in [4.78, 5) is 27.3. The quantitative estimate of drug-likeness (QED) is 0.835. The smallest absolute Gasteiger partial charge is 0.274 e. The van der Waals surface area contributed by atoms with Crippen molar-refractivity contribution in [3.05, 3.63) is 67.9 Å². The molecule has 0 radical (unpaired) electrons. The van der Waals surface area contributed by atoms with Crippen LogP contribution in [0.5, 0.6) is 5.75 Å². The summed E-state index contributed by atoms with van der Waals surface area (Å²) >= 11 is 5.82. The van der Waals surface area contributed by atoms with Gasteiger partial charge in [0.1, 0.15) is 5.82 Å². The number of hydrogen-bond donors (Lipinski definition) is 1. The number of allylic oxidation sites excluding steroid dienone is 1. The molecule has 0 atom stereocenters. The minimum atomic E-state index is -0.569. The van der Waals surface area contributed by atoms with Crippen LogP contribution in [0, 0.1) is 5.82 Å². The highest BCUT2D eigenvalue weighted by Crippen LogP contribution is 2.29. The Morgan fingerprint density at radius 2 is 2.07 bits per heavy atom. The molecule has 3 heterocycles. The topological polar surface area (TPSA) is 71.8 Å².